The van der Waals surface area contributed by atoms with Crippen LogP contribution in [0.2, 0.25) is 0 Å². The Balaban J connectivity index is 4.21. The van der Waals surface area contributed by atoms with Crippen LogP contribution in [0.15, 0.2) is 11.6 Å². The van der Waals surface area contributed by atoms with Gasteiger partial charge in [-0.05, 0) is 13.8 Å². The number of hydrogen-bond acceptors (Lipinski definition) is 3. The molecule has 2 amide bonds. The first kappa shape index (κ1) is 15.4. The lowest BCUT2D eigenvalue weighted by molar-refractivity contribution is -0.137. The van der Waals surface area contributed by atoms with E-state index < -0.39 is 12.0 Å². The molecule has 0 aliphatic rings. The van der Waals surface area contributed by atoms with Gasteiger partial charge in [0.25, 0.3) is 0 Å². The minimum atomic E-state index is -1.04. The predicted molar refractivity (Wildman–Crippen MR) is 63.9 cm³/mol. The minimum absolute atomic E-state index is 0.253. The summed E-state index contributed by atoms with van der Waals surface area (Å²) in [4.78, 5) is 23.4. The van der Waals surface area contributed by atoms with E-state index in [-0.39, 0.29) is 13.1 Å². The Bertz CT molecular complexity index is 285. The molecular formula is C11H20N2O4. The van der Waals surface area contributed by atoms with Gasteiger partial charge < -0.3 is 20.1 Å². The number of urea groups is 1. The zero-order valence-electron chi connectivity index (χ0n) is 10.5. The van der Waals surface area contributed by atoms with E-state index in [9.17, 15) is 9.59 Å². The summed E-state index contributed by atoms with van der Waals surface area (Å²) in [5.74, 6) is -1.04. The Morgan fingerprint density at radius 2 is 2.06 bits per heavy atom. The molecule has 0 fully saturated rings. The van der Waals surface area contributed by atoms with E-state index in [0.717, 1.165) is 5.57 Å². The lowest BCUT2D eigenvalue weighted by Crippen LogP contribution is -2.44. The molecule has 6 heteroatoms. The summed E-state index contributed by atoms with van der Waals surface area (Å²) >= 11 is 0. The number of carboxylic acids is 1. The maximum atomic E-state index is 11.6. The number of hydrogen-bond donors (Lipinski definition) is 2. The number of carboxylic acid groups (broad SMARTS) is 1. The van der Waals surface area contributed by atoms with Gasteiger partial charge in [-0.3, -0.25) is 4.79 Å². The maximum absolute atomic E-state index is 11.6. The van der Waals surface area contributed by atoms with Gasteiger partial charge in [0.1, 0.15) is 6.54 Å². The first-order chi connectivity index (χ1) is 7.97. The number of aliphatic carboxylic acids is 1. The molecule has 0 saturated carbocycles. The molecule has 0 spiro atoms. The van der Waals surface area contributed by atoms with Crippen molar-refractivity contribution in [1.29, 1.82) is 0 Å². The summed E-state index contributed by atoms with van der Waals surface area (Å²) < 4.78 is 4.82. The monoisotopic (exact) mass is 244 g/mol. The summed E-state index contributed by atoms with van der Waals surface area (Å²) in [6, 6.07) is -0.401. The molecule has 0 aromatic rings. The zero-order chi connectivity index (χ0) is 13.3. The first-order valence-electron chi connectivity index (χ1n) is 5.34. The van der Waals surface area contributed by atoms with E-state index in [0.29, 0.717) is 13.2 Å². The molecule has 2 N–H and O–H groups in total. The van der Waals surface area contributed by atoms with Gasteiger partial charge in [-0.1, -0.05) is 11.6 Å². The number of methoxy groups -OCH3 is 1. The predicted octanol–water partition coefficient (Wildman–Crippen LogP) is 0.695. The number of nitrogens with zero attached hydrogens (tertiary/aromatic N) is 1. The molecule has 0 atom stereocenters. The van der Waals surface area contributed by atoms with Crippen LogP contribution in [0.5, 0.6) is 0 Å². The van der Waals surface area contributed by atoms with Gasteiger partial charge in [-0.15, -0.1) is 0 Å². The second-order valence-corrected chi connectivity index (χ2v) is 3.78. The minimum Gasteiger partial charge on any atom is -0.480 e. The highest BCUT2D eigenvalue weighted by atomic mass is 16.5. The molecule has 17 heavy (non-hydrogen) atoms. The van der Waals surface area contributed by atoms with Gasteiger partial charge in [0, 0.05) is 20.2 Å². The summed E-state index contributed by atoms with van der Waals surface area (Å²) in [6.45, 7) is 4.47. The number of carbonyl (C=O) groups excluding carboxylic acids is 1. The van der Waals surface area contributed by atoms with Gasteiger partial charge in [0.2, 0.25) is 0 Å². The molecular weight excluding hydrogens is 224 g/mol. The molecule has 0 saturated heterocycles. The fourth-order valence-electron chi connectivity index (χ4n) is 1.07. The number of carbonyl (C=O) groups is 2. The van der Waals surface area contributed by atoms with Gasteiger partial charge in [-0.2, -0.15) is 0 Å². The SMILES string of the molecule is COCCN(CC(=O)O)C(=O)NCC=C(C)C. The highest BCUT2D eigenvalue weighted by Gasteiger charge is 2.15. The van der Waals surface area contributed by atoms with Crippen molar-refractivity contribution in [1.82, 2.24) is 10.2 Å². The number of nitrogens with one attached hydrogen (secondary N) is 1. The molecule has 0 radical (unpaired) electrons. The normalized spacial score (nSPS) is 9.59. The molecule has 0 aromatic heterocycles. The lowest BCUT2D eigenvalue weighted by atomic mass is 10.3. The second-order valence-electron chi connectivity index (χ2n) is 3.78. The van der Waals surface area contributed by atoms with Crippen LogP contribution in [0, 0.1) is 0 Å². The van der Waals surface area contributed by atoms with Crippen molar-refractivity contribution < 1.29 is 19.4 Å². The molecule has 98 valence electrons. The van der Waals surface area contributed by atoms with Crippen molar-refractivity contribution in [3.05, 3.63) is 11.6 Å². The van der Waals surface area contributed by atoms with Crippen molar-refractivity contribution in [2.24, 2.45) is 0 Å². The number of rotatable bonds is 7. The smallest absolute Gasteiger partial charge is 0.323 e. The Labute approximate surface area is 101 Å². The van der Waals surface area contributed by atoms with Crippen LogP contribution in [-0.4, -0.2) is 55.4 Å². The second kappa shape index (κ2) is 8.58. The van der Waals surface area contributed by atoms with Crippen LogP contribution in [0.3, 0.4) is 0 Å². The van der Waals surface area contributed by atoms with Crippen molar-refractivity contribution in [3.63, 3.8) is 0 Å². The molecule has 0 rings (SSSR count). The van der Waals surface area contributed by atoms with Gasteiger partial charge in [0.05, 0.1) is 6.61 Å². The average molecular weight is 244 g/mol. The van der Waals surface area contributed by atoms with E-state index in [2.05, 4.69) is 5.32 Å². The third-order valence-corrected chi connectivity index (χ3v) is 1.94. The lowest BCUT2D eigenvalue weighted by Gasteiger charge is -2.20. The quantitative estimate of drug-likeness (QED) is 0.646. The topological polar surface area (TPSA) is 78.9 Å². The molecule has 0 aromatic carbocycles. The van der Waals surface area contributed by atoms with Gasteiger partial charge in [0.15, 0.2) is 0 Å². The largest absolute Gasteiger partial charge is 0.480 e. The van der Waals surface area contributed by atoms with Crippen LogP contribution in [0.4, 0.5) is 4.79 Å². The van der Waals surface area contributed by atoms with E-state index in [1.54, 1.807) is 0 Å². The summed E-state index contributed by atoms with van der Waals surface area (Å²) in [5.41, 5.74) is 1.09. The van der Waals surface area contributed by atoms with Crippen molar-refractivity contribution >= 4 is 12.0 Å². The Morgan fingerprint density at radius 3 is 2.53 bits per heavy atom. The first-order valence-corrected chi connectivity index (χ1v) is 5.34. The molecule has 0 bridgehead atoms. The highest BCUT2D eigenvalue weighted by molar-refractivity contribution is 5.80. The molecule has 0 heterocycles. The molecule has 0 aliphatic carbocycles. The number of ether oxygens (including phenoxy) is 1. The van der Waals surface area contributed by atoms with Crippen LogP contribution in [0.1, 0.15) is 13.8 Å². The van der Waals surface area contributed by atoms with E-state index >= 15 is 0 Å². The summed E-state index contributed by atoms with van der Waals surface area (Å²) in [7, 11) is 1.50. The maximum Gasteiger partial charge on any atom is 0.323 e. The molecule has 6 nitrogen and oxygen atoms in total. The average Bonchev–Trinajstić information content (AvgIpc) is 2.22. The molecule has 0 aliphatic heterocycles. The van der Waals surface area contributed by atoms with Crippen molar-refractivity contribution in [2.45, 2.75) is 13.8 Å². The van der Waals surface area contributed by atoms with Crippen LogP contribution < -0.4 is 5.32 Å². The van der Waals surface area contributed by atoms with E-state index in [1.165, 1.54) is 12.0 Å². The fourth-order valence-corrected chi connectivity index (χ4v) is 1.07. The van der Waals surface area contributed by atoms with Crippen LogP contribution in [-0.2, 0) is 9.53 Å². The van der Waals surface area contributed by atoms with Crippen molar-refractivity contribution in [2.75, 3.05) is 33.4 Å². The number of amides is 2. The number of allylic oxidation sites excluding steroid dienone is 1. The summed E-state index contributed by atoms with van der Waals surface area (Å²) in [6.07, 6.45) is 1.85. The fraction of sp³-hybridized carbons (Fsp3) is 0.636. The standard InChI is InChI=1S/C11H20N2O4/c1-9(2)4-5-12-11(16)13(6-7-17-3)8-10(14)15/h4H,5-8H2,1-3H3,(H,12,16)(H,14,15). The van der Waals surface area contributed by atoms with Crippen LogP contribution in [0.25, 0.3) is 0 Å². The highest BCUT2D eigenvalue weighted by Crippen LogP contribution is 1.91. The Hall–Kier alpha value is -1.56. The zero-order valence-corrected chi connectivity index (χ0v) is 10.5. The third kappa shape index (κ3) is 8.27. The van der Waals surface area contributed by atoms with E-state index in [1.807, 2.05) is 19.9 Å². The van der Waals surface area contributed by atoms with Gasteiger partial charge in [-0.25, -0.2) is 4.79 Å². The Morgan fingerprint density at radius 1 is 1.41 bits per heavy atom. The van der Waals surface area contributed by atoms with E-state index in [4.69, 9.17) is 9.84 Å². The molecule has 0 unspecified atom stereocenters. The van der Waals surface area contributed by atoms with Gasteiger partial charge >= 0.3 is 12.0 Å². The van der Waals surface area contributed by atoms with Crippen molar-refractivity contribution in [3.8, 4) is 0 Å². The van der Waals surface area contributed by atoms with Crippen LogP contribution >= 0.6 is 0 Å². The summed E-state index contributed by atoms with van der Waals surface area (Å²) in [5, 5.41) is 11.3. The third-order valence-electron chi connectivity index (χ3n) is 1.94. The Kier molecular flexibility index (Phi) is 7.79.